The number of benzene rings is 2. The summed E-state index contributed by atoms with van der Waals surface area (Å²) in [4.78, 5) is 23.6. The Morgan fingerprint density at radius 2 is 1.81 bits per heavy atom. The number of aromatic carboxylic acids is 1. The molecule has 2 rings (SSSR count). The largest absolute Gasteiger partial charge is 0.478 e. The van der Waals surface area contributed by atoms with Gasteiger partial charge in [0.05, 0.1) is 11.3 Å². The number of carboxylic acids is 1. The minimum Gasteiger partial charge on any atom is -0.478 e. The summed E-state index contributed by atoms with van der Waals surface area (Å²) >= 11 is 3.22. The van der Waals surface area contributed by atoms with E-state index in [0.717, 1.165) is 11.1 Å². The van der Waals surface area contributed by atoms with Gasteiger partial charge in [0.15, 0.2) is 0 Å². The van der Waals surface area contributed by atoms with E-state index in [2.05, 4.69) is 21.2 Å². The van der Waals surface area contributed by atoms with E-state index in [1.807, 2.05) is 19.9 Å². The molecule has 108 valence electrons. The number of nitrogens with one attached hydrogen (secondary N) is 1. The summed E-state index contributed by atoms with van der Waals surface area (Å²) < 4.78 is 0.643. The molecule has 0 unspecified atom stereocenters. The highest BCUT2D eigenvalue weighted by molar-refractivity contribution is 9.10. The maximum atomic E-state index is 12.3. The molecule has 0 aromatic heterocycles. The fraction of sp³-hybridized carbons (Fsp3) is 0.125. The van der Waals surface area contributed by atoms with Crippen LogP contribution in [0.25, 0.3) is 0 Å². The van der Waals surface area contributed by atoms with Gasteiger partial charge in [0, 0.05) is 10.0 Å². The number of rotatable bonds is 3. The number of hydrogen-bond donors (Lipinski definition) is 2. The molecule has 0 radical (unpaired) electrons. The molecule has 0 saturated carbocycles. The highest BCUT2D eigenvalue weighted by Crippen LogP contribution is 2.22. The molecule has 0 fully saturated rings. The second kappa shape index (κ2) is 6.10. The standard InChI is InChI=1S/C16H14BrNO3/c1-9-4-3-5-12(10(9)2)15(19)18-14-7-6-11(17)8-13(14)16(20)21/h3-8H,1-2H3,(H,18,19)(H,20,21). The first-order valence-electron chi connectivity index (χ1n) is 6.30. The lowest BCUT2D eigenvalue weighted by Crippen LogP contribution is -2.16. The van der Waals surface area contributed by atoms with E-state index in [1.165, 1.54) is 6.07 Å². The number of aryl methyl sites for hydroxylation is 1. The van der Waals surface area contributed by atoms with Crippen LogP contribution >= 0.6 is 15.9 Å². The van der Waals surface area contributed by atoms with Crippen molar-refractivity contribution in [3.8, 4) is 0 Å². The van der Waals surface area contributed by atoms with Crippen LogP contribution in [0.15, 0.2) is 40.9 Å². The molecule has 0 aliphatic rings. The minimum absolute atomic E-state index is 0.0445. The highest BCUT2D eigenvalue weighted by atomic mass is 79.9. The summed E-state index contributed by atoms with van der Waals surface area (Å²) in [6, 6.07) is 10.2. The molecule has 0 bridgehead atoms. The van der Waals surface area contributed by atoms with Gasteiger partial charge in [-0.3, -0.25) is 4.79 Å². The Morgan fingerprint density at radius 3 is 2.48 bits per heavy atom. The van der Waals surface area contributed by atoms with E-state index in [4.69, 9.17) is 0 Å². The van der Waals surface area contributed by atoms with Crippen LogP contribution in [0, 0.1) is 13.8 Å². The average Bonchev–Trinajstić information content (AvgIpc) is 2.43. The number of carboxylic acid groups (broad SMARTS) is 1. The third-order valence-corrected chi connectivity index (χ3v) is 3.80. The van der Waals surface area contributed by atoms with Crippen LogP contribution < -0.4 is 5.32 Å². The van der Waals surface area contributed by atoms with Crippen molar-refractivity contribution < 1.29 is 14.7 Å². The second-order valence-electron chi connectivity index (χ2n) is 4.70. The molecule has 21 heavy (non-hydrogen) atoms. The predicted molar refractivity (Wildman–Crippen MR) is 85.0 cm³/mol. The fourth-order valence-corrected chi connectivity index (χ4v) is 2.35. The zero-order chi connectivity index (χ0) is 15.6. The molecule has 2 aromatic carbocycles. The van der Waals surface area contributed by atoms with Crippen LogP contribution in [-0.4, -0.2) is 17.0 Å². The van der Waals surface area contributed by atoms with Crippen LogP contribution in [0.3, 0.4) is 0 Å². The van der Waals surface area contributed by atoms with Crippen LogP contribution in [0.1, 0.15) is 31.8 Å². The van der Waals surface area contributed by atoms with Crippen molar-refractivity contribution in [3.63, 3.8) is 0 Å². The Morgan fingerprint density at radius 1 is 1.10 bits per heavy atom. The molecular weight excluding hydrogens is 334 g/mol. The molecule has 0 spiro atoms. The Hall–Kier alpha value is -2.14. The summed E-state index contributed by atoms with van der Waals surface area (Å²) in [6.07, 6.45) is 0. The van der Waals surface area contributed by atoms with Crippen molar-refractivity contribution in [3.05, 3.63) is 63.1 Å². The molecule has 0 aliphatic heterocycles. The maximum Gasteiger partial charge on any atom is 0.337 e. The Balaban J connectivity index is 2.36. The van der Waals surface area contributed by atoms with Gasteiger partial charge < -0.3 is 10.4 Å². The molecule has 2 aromatic rings. The summed E-state index contributed by atoms with van der Waals surface area (Å²) in [5, 5.41) is 11.9. The van der Waals surface area contributed by atoms with Crippen molar-refractivity contribution >= 4 is 33.5 Å². The zero-order valence-electron chi connectivity index (χ0n) is 11.6. The van der Waals surface area contributed by atoms with Gasteiger partial charge in [0.25, 0.3) is 5.91 Å². The molecule has 0 atom stereocenters. The SMILES string of the molecule is Cc1cccc(C(=O)Nc2ccc(Br)cc2C(=O)O)c1C. The molecule has 0 aliphatic carbocycles. The molecule has 1 amide bonds. The first-order valence-corrected chi connectivity index (χ1v) is 7.10. The van der Waals surface area contributed by atoms with Gasteiger partial charge in [-0.05, 0) is 49.2 Å². The number of carbonyl (C=O) groups is 2. The summed E-state index contributed by atoms with van der Waals surface area (Å²) in [5.41, 5.74) is 2.75. The van der Waals surface area contributed by atoms with Crippen molar-refractivity contribution in [2.75, 3.05) is 5.32 Å². The summed E-state index contributed by atoms with van der Waals surface area (Å²) in [5.74, 6) is -1.41. The fourth-order valence-electron chi connectivity index (χ4n) is 1.99. The van der Waals surface area contributed by atoms with Gasteiger partial charge in [0.2, 0.25) is 0 Å². The van der Waals surface area contributed by atoms with Crippen LogP contribution in [0.2, 0.25) is 0 Å². The molecule has 2 N–H and O–H groups in total. The van der Waals surface area contributed by atoms with Gasteiger partial charge in [-0.15, -0.1) is 0 Å². The van der Waals surface area contributed by atoms with Gasteiger partial charge in [-0.1, -0.05) is 28.1 Å². The van der Waals surface area contributed by atoms with E-state index in [9.17, 15) is 14.7 Å². The lowest BCUT2D eigenvalue weighted by molar-refractivity contribution is 0.0698. The lowest BCUT2D eigenvalue weighted by atomic mass is 10.0. The van der Waals surface area contributed by atoms with Crippen LogP contribution in [0.4, 0.5) is 5.69 Å². The highest BCUT2D eigenvalue weighted by Gasteiger charge is 2.15. The first-order chi connectivity index (χ1) is 9.90. The molecular formula is C16H14BrNO3. The number of halogens is 1. The molecule has 5 heteroatoms. The van der Waals surface area contributed by atoms with E-state index in [1.54, 1.807) is 24.3 Å². The predicted octanol–water partition coefficient (Wildman–Crippen LogP) is 4.02. The van der Waals surface area contributed by atoms with Crippen molar-refractivity contribution in [2.24, 2.45) is 0 Å². The molecule has 0 heterocycles. The average molecular weight is 348 g/mol. The number of amides is 1. The Kier molecular flexibility index (Phi) is 4.43. The van der Waals surface area contributed by atoms with Crippen LogP contribution in [-0.2, 0) is 0 Å². The second-order valence-corrected chi connectivity index (χ2v) is 5.61. The molecule has 0 saturated heterocycles. The molecule has 4 nitrogen and oxygen atoms in total. The quantitative estimate of drug-likeness (QED) is 0.881. The van der Waals surface area contributed by atoms with Crippen molar-refractivity contribution in [2.45, 2.75) is 13.8 Å². The van der Waals surface area contributed by atoms with Crippen molar-refractivity contribution in [1.29, 1.82) is 0 Å². The number of carbonyl (C=O) groups excluding carboxylic acids is 1. The Labute approximate surface area is 130 Å². The summed E-state index contributed by atoms with van der Waals surface area (Å²) in [6.45, 7) is 3.79. The third-order valence-electron chi connectivity index (χ3n) is 3.31. The third kappa shape index (κ3) is 3.31. The van der Waals surface area contributed by atoms with E-state index in [-0.39, 0.29) is 17.2 Å². The van der Waals surface area contributed by atoms with Gasteiger partial charge in [0.1, 0.15) is 0 Å². The topological polar surface area (TPSA) is 66.4 Å². The normalized spacial score (nSPS) is 10.2. The van der Waals surface area contributed by atoms with E-state index in [0.29, 0.717) is 10.0 Å². The number of hydrogen-bond acceptors (Lipinski definition) is 2. The van der Waals surface area contributed by atoms with Gasteiger partial charge in [-0.2, -0.15) is 0 Å². The van der Waals surface area contributed by atoms with E-state index >= 15 is 0 Å². The van der Waals surface area contributed by atoms with Gasteiger partial charge >= 0.3 is 5.97 Å². The zero-order valence-corrected chi connectivity index (χ0v) is 13.2. The number of anilines is 1. The lowest BCUT2D eigenvalue weighted by Gasteiger charge is -2.11. The van der Waals surface area contributed by atoms with Crippen molar-refractivity contribution in [1.82, 2.24) is 0 Å². The Bertz CT molecular complexity index is 725. The minimum atomic E-state index is -1.09. The maximum absolute atomic E-state index is 12.3. The first kappa shape index (κ1) is 15.3. The van der Waals surface area contributed by atoms with Gasteiger partial charge in [-0.25, -0.2) is 4.79 Å². The van der Waals surface area contributed by atoms with E-state index < -0.39 is 5.97 Å². The smallest absolute Gasteiger partial charge is 0.337 e. The monoisotopic (exact) mass is 347 g/mol. The summed E-state index contributed by atoms with van der Waals surface area (Å²) in [7, 11) is 0. The van der Waals surface area contributed by atoms with Crippen LogP contribution in [0.5, 0.6) is 0 Å².